The molecule has 0 amide bonds. The van der Waals surface area contributed by atoms with Crippen LogP contribution in [0.2, 0.25) is 0 Å². The number of hydrogen-bond acceptors (Lipinski definition) is 3. The van der Waals surface area contributed by atoms with E-state index in [2.05, 4.69) is 6.92 Å². The largest absolute Gasteiger partial charge is 0.481 e. The molecule has 4 nitrogen and oxygen atoms in total. The van der Waals surface area contributed by atoms with Gasteiger partial charge < -0.3 is 9.84 Å². The molecule has 1 rings (SSSR count). The molecule has 0 unspecified atom stereocenters. The van der Waals surface area contributed by atoms with E-state index in [0.29, 0.717) is 5.75 Å². The van der Waals surface area contributed by atoms with E-state index in [-0.39, 0.29) is 12.8 Å². The number of aryl methyl sites for hydroxylation is 1. The van der Waals surface area contributed by atoms with Gasteiger partial charge >= 0.3 is 11.9 Å². The van der Waals surface area contributed by atoms with Crippen LogP contribution in [0.4, 0.5) is 0 Å². The van der Waals surface area contributed by atoms with Crippen LogP contribution < -0.4 is 4.74 Å². The number of aliphatic carboxylic acids is 1. The van der Waals surface area contributed by atoms with Crippen LogP contribution in [-0.2, 0) is 16.0 Å². The van der Waals surface area contributed by atoms with Gasteiger partial charge in [0, 0.05) is 0 Å². The monoisotopic (exact) mass is 320 g/mol. The summed E-state index contributed by atoms with van der Waals surface area (Å²) in [7, 11) is 0. The Kier molecular flexibility index (Phi) is 9.76. The van der Waals surface area contributed by atoms with E-state index in [1.807, 2.05) is 12.1 Å². The zero-order valence-corrected chi connectivity index (χ0v) is 14.1. The maximum absolute atomic E-state index is 11.4. The molecule has 0 aliphatic heterocycles. The average molecular weight is 320 g/mol. The Morgan fingerprint density at radius 2 is 1.52 bits per heavy atom. The fourth-order valence-corrected chi connectivity index (χ4v) is 2.40. The van der Waals surface area contributed by atoms with Gasteiger partial charge in [-0.15, -0.1) is 0 Å². The lowest BCUT2D eigenvalue weighted by atomic mass is 10.0. The molecule has 128 valence electrons. The molecule has 1 aromatic carbocycles. The third-order valence-corrected chi connectivity index (χ3v) is 3.77. The quantitative estimate of drug-likeness (QED) is 0.343. The summed E-state index contributed by atoms with van der Waals surface area (Å²) in [6.45, 7) is 2.23. The fraction of sp³-hybridized carbons (Fsp3) is 0.579. The van der Waals surface area contributed by atoms with Gasteiger partial charge in [-0.25, -0.2) is 0 Å². The summed E-state index contributed by atoms with van der Waals surface area (Å²) in [4.78, 5) is 21.8. The zero-order chi connectivity index (χ0) is 16.9. The Morgan fingerprint density at radius 1 is 0.913 bits per heavy atom. The maximum atomic E-state index is 11.4. The molecule has 0 spiro atoms. The van der Waals surface area contributed by atoms with Crippen LogP contribution in [-0.4, -0.2) is 17.0 Å². The van der Waals surface area contributed by atoms with E-state index >= 15 is 0 Å². The topological polar surface area (TPSA) is 63.6 Å². The van der Waals surface area contributed by atoms with Gasteiger partial charge in [0.25, 0.3) is 0 Å². The minimum Gasteiger partial charge on any atom is -0.481 e. The number of carbonyl (C=O) groups is 2. The van der Waals surface area contributed by atoms with Gasteiger partial charge in [0.2, 0.25) is 0 Å². The summed E-state index contributed by atoms with van der Waals surface area (Å²) in [5, 5.41) is 8.52. The van der Waals surface area contributed by atoms with Crippen LogP contribution in [0.3, 0.4) is 0 Å². The number of benzene rings is 1. The molecule has 0 fully saturated rings. The van der Waals surface area contributed by atoms with E-state index in [0.717, 1.165) is 6.42 Å². The van der Waals surface area contributed by atoms with Crippen molar-refractivity contribution in [3.05, 3.63) is 29.8 Å². The molecule has 0 bridgehead atoms. The first-order valence-electron chi connectivity index (χ1n) is 8.63. The Bertz CT molecular complexity index is 465. The first kappa shape index (κ1) is 19.2. The van der Waals surface area contributed by atoms with Crippen molar-refractivity contribution in [2.24, 2.45) is 0 Å². The highest BCUT2D eigenvalue weighted by molar-refractivity contribution is 5.78. The lowest BCUT2D eigenvalue weighted by Crippen LogP contribution is -2.10. The van der Waals surface area contributed by atoms with Crippen LogP contribution in [0.25, 0.3) is 0 Å². The van der Waals surface area contributed by atoms with Crippen molar-refractivity contribution in [2.75, 3.05) is 0 Å². The minimum absolute atomic E-state index is 0.102. The van der Waals surface area contributed by atoms with E-state index in [4.69, 9.17) is 9.84 Å². The first-order chi connectivity index (χ1) is 11.1. The molecule has 1 N–H and O–H groups in total. The maximum Gasteiger partial charge on any atom is 0.311 e. The molecule has 0 aromatic heterocycles. The summed E-state index contributed by atoms with van der Waals surface area (Å²) in [5.41, 5.74) is 1.24. The Labute approximate surface area is 138 Å². The third kappa shape index (κ3) is 9.72. The van der Waals surface area contributed by atoms with Crippen molar-refractivity contribution >= 4 is 11.9 Å². The standard InChI is InChI=1S/C19H28O4/c1-2-3-4-5-6-7-8-9-16-10-12-17(13-11-16)23-19(22)15-14-18(20)21/h10-13H,2-9,14-15H2,1H3,(H,20,21). The molecular weight excluding hydrogens is 292 g/mol. The highest BCUT2D eigenvalue weighted by atomic mass is 16.5. The zero-order valence-electron chi connectivity index (χ0n) is 14.1. The number of carboxylic acids is 1. The number of ether oxygens (including phenoxy) is 1. The number of unbranched alkanes of at least 4 members (excludes halogenated alkanes) is 6. The van der Waals surface area contributed by atoms with Crippen molar-refractivity contribution in [1.29, 1.82) is 0 Å². The second-order valence-corrected chi connectivity index (χ2v) is 5.88. The summed E-state index contributed by atoms with van der Waals surface area (Å²) in [5.74, 6) is -1.03. The third-order valence-electron chi connectivity index (χ3n) is 3.77. The summed E-state index contributed by atoms with van der Waals surface area (Å²) in [6.07, 6.45) is 9.79. The molecule has 4 heteroatoms. The number of hydrogen-bond donors (Lipinski definition) is 1. The van der Waals surface area contributed by atoms with Crippen LogP contribution in [0.5, 0.6) is 5.75 Å². The number of carboxylic acid groups (broad SMARTS) is 1. The average Bonchev–Trinajstić information content (AvgIpc) is 2.53. The van der Waals surface area contributed by atoms with Crippen molar-refractivity contribution < 1.29 is 19.4 Å². The SMILES string of the molecule is CCCCCCCCCc1ccc(OC(=O)CCC(=O)O)cc1. The van der Waals surface area contributed by atoms with Gasteiger partial charge in [0.05, 0.1) is 12.8 Å². The second kappa shape index (κ2) is 11.7. The second-order valence-electron chi connectivity index (χ2n) is 5.88. The molecular formula is C19H28O4. The van der Waals surface area contributed by atoms with Gasteiger partial charge in [-0.1, -0.05) is 57.6 Å². The van der Waals surface area contributed by atoms with Gasteiger partial charge in [0.15, 0.2) is 0 Å². The molecule has 0 aliphatic rings. The highest BCUT2D eigenvalue weighted by Gasteiger charge is 2.07. The predicted molar refractivity (Wildman–Crippen MR) is 90.6 cm³/mol. The molecule has 0 saturated carbocycles. The summed E-state index contributed by atoms with van der Waals surface area (Å²) >= 11 is 0. The van der Waals surface area contributed by atoms with Crippen molar-refractivity contribution in [3.8, 4) is 5.75 Å². The molecule has 0 aliphatic carbocycles. The molecule has 0 saturated heterocycles. The van der Waals surface area contributed by atoms with Crippen LogP contribution in [0.15, 0.2) is 24.3 Å². The smallest absolute Gasteiger partial charge is 0.311 e. The minimum atomic E-state index is -0.994. The van der Waals surface area contributed by atoms with Crippen LogP contribution in [0.1, 0.15) is 70.3 Å². The summed E-state index contributed by atoms with van der Waals surface area (Å²) < 4.78 is 5.10. The fourth-order valence-electron chi connectivity index (χ4n) is 2.40. The van der Waals surface area contributed by atoms with E-state index < -0.39 is 11.9 Å². The molecule has 0 atom stereocenters. The van der Waals surface area contributed by atoms with Gasteiger partial charge in [-0.05, 0) is 30.5 Å². The Balaban J connectivity index is 2.20. The number of rotatable bonds is 12. The molecule has 0 radical (unpaired) electrons. The van der Waals surface area contributed by atoms with E-state index in [1.165, 1.54) is 50.5 Å². The van der Waals surface area contributed by atoms with Gasteiger partial charge in [-0.3, -0.25) is 9.59 Å². The molecule has 1 aromatic rings. The van der Waals surface area contributed by atoms with Gasteiger partial charge in [0.1, 0.15) is 5.75 Å². The number of esters is 1. The molecule has 0 heterocycles. The lowest BCUT2D eigenvalue weighted by Gasteiger charge is -2.05. The van der Waals surface area contributed by atoms with Gasteiger partial charge in [-0.2, -0.15) is 0 Å². The van der Waals surface area contributed by atoms with E-state index in [1.54, 1.807) is 12.1 Å². The lowest BCUT2D eigenvalue weighted by molar-refractivity contribution is -0.142. The normalized spacial score (nSPS) is 10.5. The summed E-state index contributed by atoms with van der Waals surface area (Å²) in [6, 6.07) is 7.48. The van der Waals surface area contributed by atoms with Crippen molar-refractivity contribution in [2.45, 2.75) is 71.1 Å². The van der Waals surface area contributed by atoms with Crippen LogP contribution in [0, 0.1) is 0 Å². The van der Waals surface area contributed by atoms with Crippen LogP contribution >= 0.6 is 0 Å². The van der Waals surface area contributed by atoms with Crippen molar-refractivity contribution in [1.82, 2.24) is 0 Å². The van der Waals surface area contributed by atoms with E-state index in [9.17, 15) is 9.59 Å². The number of carbonyl (C=O) groups excluding carboxylic acids is 1. The Morgan fingerprint density at radius 3 is 2.13 bits per heavy atom. The first-order valence-corrected chi connectivity index (χ1v) is 8.63. The van der Waals surface area contributed by atoms with Crippen molar-refractivity contribution in [3.63, 3.8) is 0 Å². The Hall–Kier alpha value is -1.84. The highest BCUT2D eigenvalue weighted by Crippen LogP contribution is 2.16. The predicted octanol–water partition coefficient (Wildman–Crippen LogP) is 4.75. The molecule has 23 heavy (non-hydrogen) atoms.